The van der Waals surface area contributed by atoms with Crippen LogP contribution in [0, 0.1) is 0 Å². The zero-order valence-electron chi connectivity index (χ0n) is 9.72. The first-order valence-electron chi connectivity index (χ1n) is 5.15. The molecule has 0 unspecified atom stereocenters. The Hall–Kier alpha value is -1.69. The summed E-state index contributed by atoms with van der Waals surface area (Å²) < 4.78 is 1.42. The highest BCUT2D eigenvalue weighted by Crippen LogP contribution is 2.23. The van der Waals surface area contributed by atoms with E-state index in [1.54, 1.807) is 7.05 Å². The number of thiophene rings is 1. The largest absolute Gasteiger partial charge is 0.478 e. The zero-order chi connectivity index (χ0) is 12.7. The van der Waals surface area contributed by atoms with E-state index in [2.05, 4.69) is 4.98 Å². The lowest BCUT2D eigenvalue weighted by molar-refractivity contribution is 0.0699. The van der Waals surface area contributed by atoms with E-state index in [-0.39, 0.29) is 22.4 Å². The second kappa shape index (κ2) is 3.96. The van der Waals surface area contributed by atoms with Gasteiger partial charge in [0.05, 0.1) is 10.9 Å². The second-order valence-corrected chi connectivity index (χ2v) is 4.98. The smallest absolute Gasteiger partial charge is 0.337 e. The highest BCUT2D eigenvalue weighted by atomic mass is 32.1. The fraction of sp³-hybridized carbons (Fsp3) is 0.364. The number of aromatic carboxylic acids is 1. The van der Waals surface area contributed by atoms with E-state index in [1.807, 2.05) is 13.8 Å². The molecule has 0 aliphatic heterocycles. The summed E-state index contributed by atoms with van der Waals surface area (Å²) in [5.74, 6) is -0.304. The molecule has 0 aliphatic carbocycles. The van der Waals surface area contributed by atoms with Crippen LogP contribution >= 0.6 is 11.3 Å². The van der Waals surface area contributed by atoms with E-state index in [0.29, 0.717) is 10.7 Å². The predicted octanol–water partition coefficient (Wildman–Crippen LogP) is 1.82. The van der Waals surface area contributed by atoms with Crippen LogP contribution in [-0.2, 0) is 7.05 Å². The van der Waals surface area contributed by atoms with Crippen molar-refractivity contribution in [2.45, 2.75) is 19.8 Å². The molecule has 0 fully saturated rings. The van der Waals surface area contributed by atoms with Crippen LogP contribution in [0.25, 0.3) is 10.2 Å². The second-order valence-electron chi connectivity index (χ2n) is 4.12. The summed E-state index contributed by atoms with van der Waals surface area (Å²) >= 11 is 1.19. The van der Waals surface area contributed by atoms with Crippen molar-refractivity contribution >= 4 is 27.5 Å². The molecule has 90 valence electrons. The summed E-state index contributed by atoms with van der Waals surface area (Å²) in [6.07, 6.45) is 0. The van der Waals surface area contributed by atoms with Crippen molar-refractivity contribution in [3.63, 3.8) is 0 Å². The summed E-state index contributed by atoms with van der Waals surface area (Å²) in [7, 11) is 1.62. The summed E-state index contributed by atoms with van der Waals surface area (Å²) in [6, 6.07) is 0. The normalized spacial score (nSPS) is 11.3. The van der Waals surface area contributed by atoms with Crippen molar-refractivity contribution in [3.05, 3.63) is 27.1 Å². The minimum absolute atomic E-state index is 0.0356. The lowest BCUT2D eigenvalue weighted by Crippen LogP contribution is -2.23. The first kappa shape index (κ1) is 11.8. The van der Waals surface area contributed by atoms with Gasteiger partial charge in [0.2, 0.25) is 0 Å². The quantitative estimate of drug-likeness (QED) is 0.884. The number of rotatable bonds is 2. The molecule has 0 amide bonds. The Morgan fingerprint density at radius 1 is 1.53 bits per heavy atom. The van der Waals surface area contributed by atoms with Crippen molar-refractivity contribution in [1.29, 1.82) is 0 Å². The molecule has 0 saturated carbocycles. The Balaban J connectivity index is 2.89. The van der Waals surface area contributed by atoms with Crippen LogP contribution in [0.3, 0.4) is 0 Å². The van der Waals surface area contributed by atoms with Gasteiger partial charge < -0.3 is 5.11 Å². The van der Waals surface area contributed by atoms with E-state index in [1.165, 1.54) is 21.3 Å². The molecule has 6 heteroatoms. The topological polar surface area (TPSA) is 72.2 Å². The third-order valence-electron chi connectivity index (χ3n) is 2.60. The Morgan fingerprint density at radius 3 is 2.71 bits per heavy atom. The van der Waals surface area contributed by atoms with Gasteiger partial charge in [0, 0.05) is 18.3 Å². The first-order valence-corrected chi connectivity index (χ1v) is 6.03. The molecule has 2 aromatic rings. The highest BCUT2D eigenvalue weighted by Gasteiger charge is 2.18. The van der Waals surface area contributed by atoms with Crippen molar-refractivity contribution in [1.82, 2.24) is 9.55 Å². The van der Waals surface area contributed by atoms with Crippen molar-refractivity contribution < 1.29 is 9.90 Å². The van der Waals surface area contributed by atoms with Gasteiger partial charge in [-0.3, -0.25) is 9.36 Å². The van der Waals surface area contributed by atoms with Crippen molar-refractivity contribution in [3.8, 4) is 0 Å². The van der Waals surface area contributed by atoms with Crippen LogP contribution in [-0.4, -0.2) is 20.6 Å². The van der Waals surface area contributed by atoms with Gasteiger partial charge in [-0.05, 0) is 0 Å². The van der Waals surface area contributed by atoms with E-state index < -0.39 is 5.97 Å². The van der Waals surface area contributed by atoms with E-state index in [0.717, 1.165) is 0 Å². The molecular formula is C11H12N2O3S. The SMILES string of the molecule is CC(C)c1nc2scc(C(=O)O)c2c(=O)n1C. The monoisotopic (exact) mass is 252 g/mol. The molecule has 1 N–H and O–H groups in total. The maximum atomic E-state index is 12.1. The Morgan fingerprint density at radius 2 is 2.18 bits per heavy atom. The third-order valence-corrected chi connectivity index (χ3v) is 3.47. The van der Waals surface area contributed by atoms with Gasteiger partial charge in [0.15, 0.2) is 0 Å². The van der Waals surface area contributed by atoms with E-state index in [9.17, 15) is 9.59 Å². The van der Waals surface area contributed by atoms with Gasteiger partial charge in [-0.25, -0.2) is 9.78 Å². The lowest BCUT2D eigenvalue weighted by Gasteiger charge is -2.10. The number of hydrogen-bond acceptors (Lipinski definition) is 4. The van der Waals surface area contributed by atoms with Gasteiger partial charge >= 0.3 is 5.97 Å². The molecule has 2 heterocycles. The summed E-state index contributed by atoms with van der Waals surface area (Å²) in [5, 5.41) is 10.7. The van der Waals surface area contributed by atoms with Gasteiger partial charge in [-0.2, -0.15) is 0 Å². The minimum atomic E-state index is -1.09. The number of fused-ring (bicyclic) bond motifs is 1. The highest BCUT2D eigenvalue weighted by molar-refractivity contribution is 7.17. The summed E-state index contributed by atoms with van der Waals surface area (Å²) in [6.45, 7) is 3.89. The molecule has 0 saturated heterocycles. The van der Waals surface area contributed by atoms with E-state index >= 15 is 0 Å². The lowest BCUT2D eigenvalue weighted by atomic mass is 10.2. The number of carboxylic acids is 1. The number of nitrogens with zero attached hydrogens (tertiary/aromatic N) is 2. The molecule has 0 radical (unpaired) electrons. The number of hydrogen-bond donors (Lipinski definition) is 1. The van der Waals surface area contributed by atoms with Crippen LogP contribution in [0.5, 0.6) is 0 Å². The maximum Gasteiger partial charge on any atom is 0.337 e. The molecule has 17 heavy (non-hydrogen) atoms. The fourth-order valence-corrected chi connectivity index (χ4v) is 2.67. The number of carbonyl (C=O) groups is 1. The third kappa shape index (κ3) is 1.74. The average Bonchev–Trinajstić information content (AvgIpc) is 2.66. The molecular weight excluding hydrogens is 240 g/mol. The standard InChI is InChI=1S/C11H12N2O3S/c1-5(2)8-12-9-7(10(14)13(8)3)6(4-17-9)11(15)16/h4-5H,1-3H3,(H,15,16). The molecule has 0 atom stereocenters. The molecule has 2 rings (SSSR count). The van der Waals surface area contributed by atoms with Gasteiger partial charge in [-0.1, -0.05) is 13.8 Å². The van der Waals surface area contributed by atoms with Gasteiger partial charge in [-0.15, -0.1) is 11.3 Å². The van der Waals surface area contributed by atoms with Crippen LogP contribution in [0.2, 0.25) is 0 Å². The Kier molecular flexibility index (Phi) is 2.74. The molecule has 2 aromatic heterocycles. The number of carboxylic acid groups (broad SMARTS) is 1. The van der Waals surface area contributed by atoms with Crippen molar-refractivity contribution in [2.24, 2.45) is 7.05 Å². The zero-order valence-corrected chi connectivity index (χ0v) is 10.5. The minimum Gasteiger partial charge on any atom is -0.478 e. The van der Waals surface area contributed by atoms with Gasteiger partial charge in [0.25, 0.3) is 5.56 Å². The van der Waals surface area contributed by atoms with Crippen LogP contribution in [0.15, 0.2) is 10.2 Å². The molecule has 0 aliphatic rings. The summed E-state index contributed by atoms with van der Waals surface area (Å²) in [4.78, 5) is 27.9. The van der Waals surface area contributed by atoms with Crippen LogP contribution in [0.1, 0.15) is 35.9 Å². The molecule has 0 aromatic carbocycles. The average molecular weight is 252 g/mol. The fourth-order valence-electron chi connectivity index (χ4n) is 1.76. The van der Waals surface area contributed by atoms with Crippen LogP contribution in [0.4, 0.5) is 0 Å². The summed E-state index contributed by atoms with van der Waals surface area (Å²) in [5.41, 5.74) is -0.259. The number of aromatic nitrogens is 2. The molecule has 5 nitrogen and oxygen atoms in total. The molecule has 0 spiro atoms. The Labute approximate surface area is 101 Å². The maximum absolute atomic E-state index is 12.1. The van der Waals surface area contributed by atoms with Crippen molar-refractivity contribution in [2.75, 3.05) is 0 Å². The molecule has 0 bridgehead atoms. The Bertz CT molecular complexity index is 655. The predicted molar refractivity (Wildman–Crippen MR) is 65.9 cm³/mol. The van der Waals surface area contributed by atoms with Gasteiger partial charge in [0.1, 0.15) is 10.7 Å². The first-order chi connectivity index (χ1) is 7.93. The van der Waals surface area contributed by atoms with E-state index in [4.69, 9.17) is 5.11 Å². The van der Waals surface area contributed by atoms with Crippen LogP contribution < -0.4 is 5.56 Å².